The molecule has 0 radical (unpaired) electrons. The van der Waals surface area contributed by atoms with Gasteiger partial charge in [-0.3, -0.25) is 0 Å². The van der Waals surface area contributed by atoms with Crippen LogP contribution in [0.2, 0.25) is 0 Å². The molecule has 0 bridgehead atoms. The van der Waals surface area contributed by atoms with E-state index < -0.39 is 0 Å². The molecule has 1 atom stereocenters. The minimum atomic E-state index is 0.0413. The minimum absolute atomic E-state index is 0.0413. The molecule has 0 N–H and O–H groups in total. The Kier molecular flexibility index (Phi) is 4.75. The molecule has 2 aromatic rings. The molecule has 22 heavy (non-hydrogen) atoms. The molecule has 1 saturated carbocycles. The van der Waals surface area contributed by atoms with Gasteiger partial charge in [0, 0.05) is 6.42 Å². The molecule has 2 aromatic heterocycles. The summed E-state index contributed by atoms with van der Waals surface area (Å²) in [6.07, 6.45) is 5.64. The van der Waals surface area contributed by atoms with Gasteiger partial charge in [0.25, 0.3) is 0 Å². The van der Waals surface area contributed by atoms with E-state index in [0.29, 0.717) is 23.7 Å². The van der Waals surface area contributed by atoms with E-state index in [1.807, 2.05) is 11.6 Å². The van der Waals surface area contributed by atoms with Gasteiger partial charge >= 0.3 is 0 Å². The molecule has 1 aliphatic carbocycles. The van der Waals surface area contributed by atoms with Crippen LogP contribution in [0.3, 0.4) is 0 Å². The van der Waals surface area contributed by atoms with Gasteiger partial charge < -0.3 is 4.42 Å². The molecule has 1 fully saturated rings. The number of nitrogens with zero attached hydrogens (tertiary/aromatic N) is 6. The van der Waals surface area contributed by atoms with Gasteiger partial charge in [-0.15, -0.1) is 15.3 Å². The first kappa shape index (κ1) is 15.5. The molecule has 0 aromatic carbocycles. The summed E-state index contributed by atoms with van der Waals surface area (Å²) in [4.78, 5) is 0. The van der Waals surface area contributed by atoms with Crippen LogP contribution in [0.25, 0.3) is 0 Å². The zero-order chi connectivity index (χ0) is 15.5. The summed E-state index contributed by atoms with van der Waals surface area (Å²) in [6, 6.07) is 0.434. The first-order chi connectivity index (χ1) is 10.6. The molecule has 7 nitrogen and oxygen atoms in total. The van der Waals surface area contributed by atoms with Crippen molar-refractivity contribution in [1.29, 1.82) is 0 Å². The van der Waals surface area contributed by atoms with Crippen LogP contribution in [0.4, 0.5) is 0 Å². The lowest BCUT2D eigenvalue weighted by atomic mass is 10.1. The van der Waals surface area contributed by atoms with Gasteiger partial charge in [0.2, 0.25) is 16.9 Å². The predicted octanol–water partition coefficient (Wildman–Crippen LogP) is 3.22. The smallest absolute Gasteiger partial charge is 0.229 e. The average Bonchev–Trinajstić information content (AvgIpc) is 3.17. The van der Waals surface area contributed by atoms with E-state index in [1.54, 1.807) is 11.8 Å². The van der Waals surface area contributed by atoms with E-state index in [0.717, 1.165) is 24.4 Å². The first-order valence-corrected chi connectivity index (χ1v) is 8.78. The van der Waals surface area contributed by atoms with Crippen molar-refractivity contribution in [3.05, 3.63) is 11.8 Å². The molecule has 2 heterocycles. The van der Waals surface area contributed by atoms with Crippen molar-refractivity contribution in [3.8, 4) is 0 Å². The second-order valence-corrected chi connectivity index (χ2v) is 7.54. The summed E-state index contributed by atoms with van der Waals surface area (Å²) >= 11 is 1.58. The normalized spacial score (nSPS) is 17.5. The Hall–Kier alpha value is -1.44. The quantitative estimate of drug-likeness (QED) is 0.755. The highest BCUT2D eigenvalue weighted by atomic mass is 32.2. The third-order valence-electron chi connectivity index (χ3n) is 3.83. The largest absolute Gasteiger partial charge is 0.424 e. The molecular weight excluding hydrogens is 300 g/mol. The van der Waals surface area contributed by atoms with Crippen LogP contribution in [-0.4, -0.2) is 30.4 Å². The summed E-state index contributed by atoms with van der Waals surface area (Å²) in [5.41, 5.74) is 0. The van der Waals surface area contributed by atoms with Crippen LogP contribution in [0.5, 0.6) is 0 Å². The fourth-order valence-corrected chi connectivity index (χ4v) is 3.60. The van der Waals surface area contributed by atoms with Crippen molar-refractivity contribution < 1.29 is 4.42 Å². The zero-order valence-corrected chi connectivity index (χ0v) is 14.1. The fraction of sp³-hybridized carbons (Fsp3) is 0.786. The monoisotopic (exact) mass is 322 g/mol. The van der Waals surface area contributed by atoms with Gasteiger partial charge in [-0.2, -0.15) is 0 Å². The Labute approximate surface area is 134 Å². The van der Waals surface area contributed by atoms with Crippen LogP contribution in [0.1, 0.15) is 69.5 Å². The van der Waals surface area contributed by atoms with Crippen LogP contribution in [-0.2, 0) is 6.42 Å². The van der Waals surface area contributed by atoms with E-state index in [-0.39, 0.29) is 5.25 Å². The van der Waals surface area contributed by atoms with Crippen molar-refractivity contribution in [2.75, 3.05) is 0 Å². The maximum atomic E-state index is 5.75. The van der Waals surface area contributed by atoms with Gasteiger partial charge in [0.05, 0.1) is 11.3 Å². The molecule has 0 saturated heterocycles. The van der Waals surface area contributed by atoms with Crippen molar-refractivity contribution in [3.63, 3.8) is 0 Å². The fourth-order valence-electron chi connectivity index (χ4n) is 2.71. The van der Waals surface area contributed by atoms with Crippen LogP contribution in [0, 0.1) is 5.92 Å². The molecule has 3 rings (SSSR count). The third-order valence-corrected chi connectivity index (χ3v) is 4.86. The second-order valence-electron chi connectivity index (χ2n) is 6.24. The van der Waals surface area contributed by atoms with Crippen LogP contribution in [0.15, 0.2) is 9.57 Å². The Morgan fingerprint density at radius 1 is 1.18 bits per heavy atom. The highest BCUT2D eigenvalue weighted by molar-refractivity contribution is 7.99. The topological polar surface area (TPSA) is 82.5 Å². The van der Waals surface area contributed by atoms with Crippen molar-refractivity contribution >= 4 is 11.8 Å². The Balaban J connectivity index is 1.67. The molecule has 8 heteroatoms. The van der Waals surface area contributed by atoms with Gasteiger partial charge in [0.15, 0.2) is 0 Å². The van der Waals surface area contributed by atoms with E-state index in [1.165, 1.54) is 12.8 Å². The van der Waals surface area contributed by atoms with E-state index in [2.05, 4.69) is 39.6 Å². The van der Waals surface area contributed by atoms with Crippen molar-refractivity contribution in [2.24, 2.45) is 5.92 Å². The van der Waals surface area contributed by atoms with Crippen molar-refractivity contribution in [1.82, 2.24) is 30.4 Å². The predicted molar refractivity (Wildman–Crippen MR) is 82.4 cm³/mol. The maximum Gasteiger partial charge on any atom is 0.229 e. The van der Waals surface area contributed by atoms with E-state index >= 15 is 0 Å². The first-order valence-electron chi connectivity index (χ1n) is 7.90. The molecule has 0 aliphatic heterocycles. The van der Waals surface area contributed by atoms with Gasteiger partial charge in [-0.1, -0.05) is 38.5 Å². The van der Waals surface area contributed by atoms with Crippen molar-refractivity contribution in [2.45, 2.75) is 69.3 Å². The van der Waals surface area contributed by atoms with E-state index in [9.17, 15) is 0 Å². The van der Waals surface area contributed by atoms with Gasteiger partial charge in [-0.05, 0) is 36.1 Å². The minimum Gasteiger partial charge on any atom is -0.424 e. The summed E-state index contributed by atoms with van der Waals surface area (Å²) in [7, 11) is 0. The van der Waals surface area contributed by atoms with Gasteiger partial charge in [0.1, 0.15) is 0 Å². The zero-order valence-electron chi connectivity index (χ0n) is 13.3. The van der Waals surface area contributed by atoms with Crippen LogP contribution >= 0.6 is 11.8 Å². The van der Waals surface area contributed by atoms with E-state index in [4.69, 9.17) is 4.42 Å². The van der Waals surface area contributed by atoms with Gasteiger partial charge in [-0.25, -0.2) is 4.68 Å². The summed E-state index contributed by atoms with van der Waals surface area (Å²) in [5, 5.41) is 21.3. The number of thioether (sulfide) groups is 1. The molecule has 1 aliphatic rings. The average molecular weight is 322 g/mol. The number of rotatable bonds is 6. The summed E-state index contributed by atoms with van der Waals surface area (Å²) < 4.78 is 7.71. The molecule has 0 amide bonds. The number of aromatic nitrogens is 6. The second kappa shape index (κ2) is 6.76. The Morgan fingerprint density at radius 2 is 1.95 bits per heavy atom. The summed E-state index contributed by atoms with van der Waals surface area (Å²) in [6.45, 7) is 6.32. The molecular formula is C14H22N6OS. The molecule has 0 spiro atoms. The summed E-state index contributed by atoms with van der Waals surface area (Å²) in [5.74, 6) is 1.85. The Morgan fingerprint density at radius 3 is 2.68 bits per heavy atom. The lowest BCUT2D eigenvalue weighted by Gasteiger charge is -2.12. The SMILES string of the molecule is CC(C)Cc1nnc(C(C)Sc2nnnn2C2CCCC2)o1. The molecule has 120 valence electrons. The lowest BCUT2D eigenvalue weighted by Crippen LogP contribution is -2.08. The molecule has 1 unspecified atom stereocenters. The van der Waals surface area contributed by atoms with Crippen LogP contribution < -0.4 is 0 Å². The lowest BCUT2D eigenvalue weighted by molar-refractivity contribution is 0.418. The highest BCUT2D eigenvalue weighted by Crippen LogP contribution is 2.36. The standard InChI is InChI=1S/C14H22N6OS/c1-9(2)8-12-15-16-13(21-12)10(3)22-14-17-18-19-20(14)11-6-4-5-7-11/h9-11H,4-8H2,1-3H3. The maximum absolute atomic E-state index is 5.75. The number of hydrogen-bond donors (Lipinski definition) is 0. The third kappa shape index (κ3) is 3.48. The highest BCUT2D eigenvalue weighted by Gasteiger charge is 2.24. The number of hydrogen-bond acceptors (Lipinski definition) is 7. The Bertz CT molecular complexity index is 604. The number of tetrazole rings is 1.